The smallest absolute Gasteiger partial charge is 0.229 e. The van der Waals surface area contributed by atoms with Crippen molar-refractivity contribution < 1.29 is 23.6 Å². The normalized spacial score (nSPS) is 20.4. The molecule has 2 heterocycles. The number of hydrogen-bond donors (Lipinski definition) is 1. The van der Waals surface area contributed by atoms with E-state index in [0.717, 1.165) is 25.9 Å². The van der Waals surface area contributed by atoms with Gasteiger partial charge in [-0.25, -0.2) is 4.39 Å². The van der Waals surface area contributed by atoms with Crippen LogP contribution in [0.5, 0.6) is 0 Å². The van der Waals surface area contributed by atoms with Crippen molar-refractivity contribution in [1.29, 1.82) is 0 Å². The number of ketones is 2. The van der Waals surface area contributed by atoms with Crippen molar-refractivity contribution in [3.63, 3.8) is 0 Å². The number of carbonyl (C=O) groups excluding carboxylic acids is 4. The first-order valence-electron chi connectivity index (χ1n) is 12.8. The van der Waals surface area contributed by atoms with E-state index >= 15 is 4.39 Å². The molecule has 3 atom stereocenters. The minimum atomic E-state index is -0.618. The van der Waals surface area contributed by atoms with Gasteiger partial charge in [0.2, 0.25) is 11.8 Å². The zero-order chi connectivity index (χ0) is 25.9. The number of imide groups is 1. The third-order valence-corrected chi connectivity index (χ3v) is 7.59. The molecule has 0 bridgehead atoms. The summed E-state index contributed by atoms with van der Waals surface area (Å²) >= 11 is 0. The Hall–Kier alpha value is -2.61. The highest BCUT2D eigenvalue weighted by atomic mass is 19.1. The van der Waals surface area contributed by atoms with Crippen molar-refractivity contribution in [3.05, 3.63) is 29.1 Å². The summed E-state index contributed by atoms with van der Waals surface area (Å²) in [5.41, 5.74) is 0.610. The predicted octanol–water partition coefficient (Wildman–Crippen LogP) is 3.85. The maximum Gasteiger partial charge on any atom is 0.229 e. The summed E-state index contributed by atoms with van der Waals surface area (Å²) in [6, 6.07) is 3.05. The van der Waals surface area contributed by atoms with Gasteiger partial charge in [-0.05, 0) is 57.3 Å². The second kappa shape index (κ2) is 11.4. The first-order valence-corrected chi connectivity index (χ1v) is 12.8. The van der Waals surface area contributed by atoms with Crippen molar-refractivity contribution in [1.82, 2.24) is 10.2 Å². The third-order valence-electron chi connectivity index (χ3n) is 7.59. The Morgan fingerprint density at radius 1 is 1.11 bits per heavy atom. The highest BCUT2D eigenvalue weighted by Crippen LogP contribution is 2.34. The highest BCUT2D eigenvalue weighted by molar-refractivity contribution is 6.09. The zero-order valence-corrected chi connectivity index (χ0v) is 21.5. The molecule has 2 amide bonds. The number of Topliss-reactive ketones (excluding diaryl/α,β-unsaturated/α-hetero) is 2. The van der Waals surface area contributed by atoms with Crippen LogP contribution in [0.1, 0.15) is 81.0 Å². The molecule has 8 heteroatoms. The van der Waals surface area contributed by atoms with Crippen LogP contribution in [0.25, 0.3) is 0 Å². The molecule has 0 saturated carbocycles. The van der Waals surface area contributed by atoms with Crippen molar-refractivity contribution in [2.45, 2.75) is 66.3 Å². The lowest BCUT2D eigenvalue weighted by Crippen LogP contribution is -2.60. The number of piperidine rings is 1. The molecule has 35 heavy (non-hydrogen) atoms. The highest BCUT2D eigenvalue weighted by Gasteiger charge is 2.38. The topological polar surface area (TPSA) is 86.8 Å². The Kier molecular flexibility index (Phi) is 8.80. The van der Waals surface area contributed by atoms with Crippen LogP contribution < -0.4 is 10.2 Å². The molecule has 0 aromatic heterocycles. The maximum atomic E-state index is 15.3. The molecule has 0 radical (unpaired) electrons. The standard InChI is InChI=1S/C27H38FN3O4/c1-6-10-30(11-7-2)19-14-31(15-19)24-13-21(18(5)32)22(12-23(24)28)26(34)17(4)16(3)20-8-9-25(33)29-27(20)35/h12-13,16-17,19-20H,6-11,14-15H2,1-5H3,(H,29,33,35). The molecular formula is C27H38FN3O4. The van der Waals surface area contributed by atoms with Gasteiger partial charge in [0, 0.05) is 48.5 Å². The van der Waals surface area contributed by atoms with Crippen LogP contribution in [-0.2, 0) is 9.59 Å². The van der Waals surface area contributed by atoms with Crippen molar-refractivity contribution in [3.8, 4) is 0 Å². The van der Waals surface area contributed by atoms with Gasteiger partial charge in [-0.15, -0.1) is 0 Å². The molecule has 3 rings (SSSR count). The summed E-state index contributed by atoms with van der Waals surface area (Å²) in [6.45, 7) is 12.5. The molecule has 3 unspecified atom stereocenters. The molecule has 2 saturated heterocycles. The van der Waals surface area contributed by atoms with Gasteiger partial charge in [0.1, 0.15) is 5.82 Å². The van der Waals surface area contributed by atoms with E-state index in [9.17, 15) is 19.2 Å². The Labute approximate surface area is 207 Å². The molecular weight excluding hydrogens is 449 g/mol. The summed E-state index contributed by atoms with van der Waals surface area (Å²) in [7, 11) is 0. The summed E-state index contributed by atoms with van der Waals surface area (Å²) in [5.74, 6) is -3.34. The molecule has 0 spiro atoms. The quantitative estimate of drug-likeness (QED) is 0.377. The number of nitrogens with one attached hydrogen (secondary N) is 1. The Bertz CT molecular complexity index is 983. The fourth-order valence-electron chi connectivity index (χ4n) is 5.28. The summed E-state index contributed by atoms with van der Waals surface area (Å²) in [6.07, 6.45) is 2.73. The molecule has 0 aliphatic carbocycles. The lowest BCUT2D eigenvalue weighted by atomic mass is 9.76. The molecule has 192 valence electrons. The zero-order valence-electron chi connectivity index (χ0n) is 21.5. The molecule has 2 fully saturated rings. The van der Waals surface area contributed by atoms with Crippen LogP contribution in [0.2, 0.25) is 0 Å². The Morgan fingerprint density at radius 2 is 1.74 bits per heavy atom. The first kappa shape index (κ1) is 27.0. The summed E-state index contributed by atoms with van der Waals surface area (Å²) in [5, 5.41) is 2.33. The average molecular weight is 488 g/mol. The predicted molar refractivity (Wildman–Crippen MR) is 133 cm³/mol. The van der Waals surface area contributed by atoms with Crippen molar-refractivity contribution >= 4 is 29.1 Å². The van der Waals surface area contributed by atoms with E-state index in [-0.39, 0.29) is 46.8 Å². The minimum absolute atomic E-state index is 0.0565. The fourth-order valence-corrected chi connectivity index (χ4v) is 5.28. The van der Waals surface area contributed by atoms with Gasteiger partial charge < -0.3 is 4.90 Å². The molecule has 1 N–H and O–H groups in total. The van der Waals surface area contributed by atoms with Gasteiger partial charge in [-0.1, -0.05) is 27.7 Å². The van der Waals surface area contributed by atoms with Gasteiger partial charge in [-0.2, -0.15) is 0 Å². The molecule has 2 aliphatic rings. The van der Waals surface area contributed by atoms with Crippen LogP contribution in [0.15, 0.2) is 12.1 Å². The molecule has 1 aromatic carbocycles. The summed E-state index contributed by atoms with van der Waals surface area (Å²) < 4.78 is 15.3. The first-order chi connectivity index (χ1) is 16.6. The van der Waals surface area contributed by atoms with Crippen molar-refractivity contribution in [2.24, 2.45) is 17.8 Å². The number of halogens is 1. The van der Waals surface area contributed by atoms with E-state index in [1.807, 2.05) is 4.90 Å². The average Bonchev–Trinajstić information content (AvgIpc) is 2.77. The lowest BCUT2D eigenvalue weighted by molar-refractivity contribution is -0.137. The number of nitrogens with zero attached hydrogens (tertiary/aromatic N) is 2. The van der Waals surface area contributed by atoms with E-state index in [2.05, 4.69) is 24.1 Å². The summed E-state index contributed by atoms with van der Waals surface area (Å²) in [4.78, 5) is 54.0. The van der Waals surface area contributed by atoms with E-state index in [1.54, 1.807) is 13.8 Å². The van der Waals surface area contributed by atoms with Crippen LogP contribution in [0, 0.1) is 23.6 Å². The second-order valence-electron chi connectivity index (χ2n) is 10.1. The van der Waals surface area contributed by atoms with E-state index in [0.29, 0.717) is 31.2 Å². The van der Waals surface area contributed by atoms with Gasteiger partial charge in [-0.3, -0.25) is 29.4 Å². The lowest BCUT2D eigenvalue weighted by Gasteiger charge is -2.47. The molecule has 7 nitrogen and oxygen atoms in total. The largest absolute Gasteiger partial charge is 0.366 e. The third kappa shape index (κ3) is 5.80. The molecule has 2 aliphatic heterocycles. The van der Waals surface area contributed by atoms with E-state index < -0.39 is 17.7 Å². The fraction of sp³-hybridized carbons (Fsp3) is 0.630. The van der Waals surface area contributed by atoms with Crippen LogP contribution in [0.4, 0.5) is 10.1 Å². The minimum Gasteiger partial charge on any atom is -0.366 e. The van der Waals surface area contributed by atoms with Gasteiger partial charge >= 0.3 is 0 Å². The van der Waals surface area contributed by atoms with Gasteiger partial charge in [0.25, 0.3) is 0 Å². The Morgan fingerprint density at radius 3 is 2.29 bits per heavy atom. The number of amides is 2. The number of hydrogen-bond acceptors (Lipinski definition) is 6. The SMILES string of the molecule is CCCN(CCC)C1CN(c2cc(C(C)=O)c(C(=O)C(C)C(C)C3CCC(=O)NC3=O)cc2F)C1. The number of carbonyl (C=O) groups is 4. The monoisotopic (exact) mass is 487 g/mol. The number of rotatable bonds is 11. The van der Waals surface area contributed by atoms with Gasteiger partial charge in [0.05, 0.1) is 5.69 Å². The van der Waals surface area contributed by atoms with Crippen LogP contribution in [-0.4, -0.2) is 60.5 Å². The maximum absolute atomic E-state index is 15.3. The van der Waals surface area contributed by atoms with Gasteiger partial charge in [0.15, 0.2) is 11.6 Å². The van der Waals surface area contributed by atoms with Crippen molar-refractivity contribution in [2.75, 3.05) is 31.1 Å². The number of benzene rings is 1. The molecule has 1 aromatic rings. The second-order valence-corrected chi connectivity index (χ2v) is 10.1. The van der Waals surface area contributed by atoms with E-state index in [4.69, 9.17) is 0 Å². The van der Waals surface area contributed by atoms with Crippen LogP contribution >= 0.6 is 0 Å². The number of anilines is 1. The van der Waals surface area contributed by atoms with E-state index in [1.165, 1.54) is 19.1 Å². The van der Waals surface area contributed by atoms with Crippen LogP contribution in [0.3, 0.4) is 0 Å². The Balaban J connectivity index is 1.79.